The van der Waals surface area contributed by atoms with E-state index in [2.05, 4.69) is 17.0 Å². The van der Waals surface area contributed by atoms with Crippen molar-refractivity contribution in [2.45, 2.75) is 56.8 Å². The van der Waals surface area contributed by atoms with E-state index in [9.17, 15) is 5.11 Å². The van der Waals surface area contributed by atoms with E-state index in [4.69, 9.17) is 17.3 Å². The molecule has 3 nitrogen and oxygen atoms in total. The number of piperidine rings is 1. The number of fused-ring (bicyclic) bond motifs is 2. The Morgan fingerprint density at radius 1 is 1.32 bits per heavy atom. The molecule has 19 heavy (non-hydrogen) atoms. The molecule has 0 aliphatic carbocycles. The molecule has 0 amide bonds. The predicted octanol–water partition coefficient (Wildman–Crippen LogP) is 2.85. The fourth-order valence-electron chi connectivity index (χ4n) is 3.56. The van der Waals surface area contributed by atoms with Crippen LogP contribution in [0.2, 0.25) is 5.02 Å². The first-order chi connectivity index (χ1) is 9.06. The number of halogens is 1. The van der Waals surface area contributed by atoms with Gasteiger partial charge in [-0.1, -0.05) is 17.7 Å². The molecule has 3 N–H and O–H groups in total. The summed E-state index contributed by atoms with van der Waals surface area (Å²) in [6.45, 7) is 1.96. The summed E-state index contributed by atoms with van der Waals surface area (Å²) in [7, 11) is 0. The predicted molar refractivity (Wildman–Crippen MR) is 78.6 cm³/mol. The second kappa shape index (κ2) is 4.97. The van der Waals surface area contributed by atoms with Crippen LogP contribution in [0.5, 0.6) is 0 Å². The minimum absolute atomic E-state index is 0.00597. The normalized spacial score (nSPS) is 31.6. The molecule has 4 heteroatoms. The van der Waals surface area contributed by atoms with Gasteiger partial charge in [0.05, 0.1) is 16.8 Å². The van der Waals surface area contributed by atoms with Gasteiger partial charge in [-0.3, -0.25) is 0 Å². The van der Waals surface area contributed by atoms with Crippen molar-refractivity contribution in [3.8, 4) is 0 Å². The molecule has 2 bridgehead atoms. The smallest absolute Gasteiger partial charge is 0.0643 e. The van der Waals surface area contributed by atoms with Gasteiger partial charge in [-0.05, 0) is 50.3 Å². The van der Waals surface area contributed by atoms with Gasteiger partial charge in [-0.15, -0.1) is 0 Å². The second-order valence-electron chi connectivity index (χ2n) is 5.92. The SMILES string of the molecule is CC(N)c1ccc(N2C3CCC2CC(O)C3)c(Cl)c1. The van der Waals surface area contributed by atoms with E-state index in [1.165, 1.54) is 0 Å². The maximum atomic E-state index is 9.86. The van der Waals surface area contributed by atoms with Crippen LogP contribution in [-0.4, -0.2) is 23.3 Å². The van der Waals surface area contributed by atoms with Crippen LogP contribution in [0.4, 0.5) is 5.69 Å². The molecule has 2 heterocycles. The molecular weight excluding hydrogens is 260 g/mol. The molecule has 1 aromatic rings. The molecule has 3 rings (SSSR count). The topological polar surface area (TPSA) is 49.5 Å². The summed E-state index contributed by atoms with van der Waals surface area (Å²) in [4.78, 5) is 2.42. The number of rotatable bonds is 2. The molecular formula is C15H21ClN2O. The van der Waals surface area contributed by atoms with E-state index >= 15 is 0 Å². The molecule has 3 unspecified atom stereocenters. The Labute approximate surface area is 119 Å². The highest BCUT2D eigenvalue weighted by Crippen LogP contribution is 2.42. The van der Waals surface area contributed by atoms with Gasteiger partial charge in [0.1, 0.15) is 0 Å². The van der Waals surface area contributed by atoms with Crippen LogP contribution in [0.3, 0.4) is 0 Å². The number of hydrogen-bond donors (Lipinski definition) is 2. The summed E-state index contributed by atoms with van der Waals surface area (Å²) in [5.74, 6) is 0. The Kier molecular flexibility index (Phi) is 3.46. The van der Waals surface area contributed by atoms with Crippen LogP contribution in [0.1, 0.15) is 44.2 Å². The molecule has 0 saturated carbocycles. The highest BCUT2D eigenvalue weighted by molar-refractivity contribution is 6.33. The average Bonchev–Trinajstić information content (AvgIpc) is 2.62. The Morgan fingerprint density at radius 2 is 1.95 bits per heavy atom. The molecule has 2 aliphatic rings. The van der Waals surface area contributed by atoms with E-state index in [0.29, 0.717) is 12.1 Å². The van der Waals surface area contributed by atoms with Crippen molar-refractivity contribution >= 4 is 17.3 Å². The molecule has 2 saturated heterocycles. The minimum Gasteiger partial charge on any atom is -0.393 e. The summed E-state index contributed by atoms with van der Waals surface area (Å²) in [5.41, 5.74) is 8.06. The third-order valence-corrected chi connectivity index (χ3v) is 4.79. The van der Waals surface area contributed by atoms with E-state index in [0.717, 1.165) is 42.0 Å². The van der Waals surface area contributed by atoms with Crippen molar-refractivity contribution < 1.29 is 5.11 Å². The number of nitrogens with zero attached hydrogens (tertiary/aromatic N) is 1. The van der Waals surface area contributed by atoms with Crippen LogP contribution in [0, 0.1) is 0 Å². The molecule has 1 aromatic carbocycles. The van der Waals surface area contributed by atoms with Gasteiger partial charge in [0.25, 0.3) is 0 Å². The lowest BCUT2D eigenvalue weighted by atomic mass is 9.98. The van der Waals surface area contributed by atoms with Crippen LogP contribution >= 0.6 is 11.6 Å². The van der Waals surface area contributed by atoms with Gasteiger partial charge >= 0.3 is 0 Å². The molecule has 3 atom stereocenters. The molecule has 104 valence electrons. The minimum atomic E-state index is -0.143. The monoisotopic (exact) mass is 280 g/mol. The first kappa shape index (κ1) is 13.2. The van der Waals surface area contributed by atoms with E-state index in [1.54, 1.807) is 0 Å². The first-order valence-corrected chi connectivity index (χ1v) is 7.45. The van der Waals surface area contributed by atoms with Crippen molar-refractivity contribution in [3.05, 3.63) is 28.8 Å². The zero-order valence-electron chi connectivity index (χ0n) is 11.2. The number of benzene rings is 1. The summed E-state index contributed by atoms with van der Waals surface area (Å²) in [6.07, 6.45) is 3.90. The van der Waals surface area contributed by atoms with Gasteiger partial charge in [-0.2, -0.15) is 0 Å². The number of hydrogen-bond acceptors (Lipinski definition) is 3. The van der Waals surface area contributed by atoms with Crippen LogP contribution in [-0.2, 0) is 0 Å². The lowest BCUT2D eigenvalue weighted by Crippen LogP contribution is -2.44. The quantitative estimate of drug-likeness (QED) is 0.876. The summed E-state index contributed by atoms with van der Waals surface area (Å²) in [6, 6.07) is 7.01. The van der Waals surface area contributed by atoms with E-state index in [1.807, 2.05) is 13.0 Å². The summed E-state index contributed by atoms with van der Waals surface area (Å²) in [5, 5.41) is 10.6. The Hall–Kier alpha value is -0.770. The van der Waals surface area contributed by atoms with Crippen molar-refractivity contribution in [2.24, 2.45) is 5.73 Å². The summed E-state index contributed by atoms with van der Waals surface area (Å²) >= 11 is 6.44. The maximum absolute atomic E-state index is 9.86. The van der Waals surface area contributed by atoms with Crippen molar-refractivity contribution in [1.29, 1.82) is 0 Å². The Balaban J connectivity index is 1.91. The van der Waals surface area contributed by atoms with Gasteiger partial charge in [0.2, 0.25) is 0 Å². The zero-order chi connectivity index (χ0) is 13.6. The van der Waals surface area contributed by atoms with Crippen LogP contribution < -0.4 is 10.6 Å². The van der Waals surface area contributed by atoms with Crippen molar-refractivity contribution in [1.82, 2.24) is 0 Å². The molecule has 0 aromatic heterocycles. The van der Waals surface area contributed by atoms with E-state index < -0.39 is 0 Å². The second-order valence-corrected chi connectivity index (χ2v) is 6.32. The number of anilines is 1. The number of nitrogens with two attached hydrogens (primary N) is 1. The number of aliphatic hydroxyl groups is 1. The fourth-order valence-corrected chi connectivity index (χ4v) is 3.84. The Morgan fingerprint density at radius 3 is 2.47 bits per heavy atom. The third-order valence-electron chi connectivity index (χ3n) is 4.48. The highest BCUT2D eigenvalue weighted by atomic mass is 35.5. The molecule has 0 radical (unpaired) electrons. The number of aliphatic hydroxyl groups excluding tert-OH is 1. The zero-order valence-corrected chi connectivity index (χ0v) is 12.0. The summed E-state index contributed by atoms with van der Waals surface area (Å²) < 4.78 is 0. The van der Waals surface area contributed by atoms with Gasteiger partial charge in [-0.25, -0.2) is 0 Å². The van der Waals surface area contributed by atoms with Crippen LogP contribution in [0.25, 0.3) is 0 Å². The lowest BCUT2D eigenvalue weighted by Gasteiger charge is -2.39. The van der Waals surface area contributed by atoms with Gasteiger partial charge < -0.3 is 15.7 Å². The van der Waals surface area contributed by atoms with Crippen molar-refractivity contribution in [2.75, 3.05) is 4.90 Å². The molecule has 2 fully saturated rings. The lowest BCUT2D eigenvalue weighted by molar-refractivity contribution is 0.126. The maximum Gasteiger partial charge on any atom is 0.0643 e. The average molecular weight is 281 g/mol. The fraction of sp³-hybridized carbons (Fsp3) is 0.600. The van der Waals surface area contributed by atoms with Gasteiger partial charge in [0, 0.05) is 18.1 Å². The van der Waals surface area contributed by atoms with E-state index in [-0.39, 0.29) is 12.1 Å². The largest absolute Gasteiger partial charge is 0.393 e. The third kappa shape index (κ3) is 2.35. The standard InChI is InChI=1S/C15H21ClN2O/c1-9(17)10-2-5-15(14(16)6-10)18-11-3-4-12(18)8-13(19)7-11/h2,5-6,9,11-13,19H,3-4,7-8,17H2,1H3. The molecule has 0 spiro atoms. The Bertz CT molecular complexity index is 463. The molecule has 2 aliphatic heterocycles. The highest BCUT2D eigenvalue weighted by Gasteiger charge is 2.40. The van der Waals surface area contributed by atoms with Gasteiger partial charge in [0.15, 0.2) is 0 Å². The first-order valence-electron chi connectivity index (χ1n) is 7.07. The van der Waals surface area contributed by atoms with Crippen LogP contribution in [0.15, 0.2) is 18.2 Å². The van der Waals surface area contributed by atoms with Crippen molar-refractivity contribution in [3.63, 3.8) is 0 Å².